The molecule has 0 unspecified atom stereocenters. The molecule has 0 saturated carbocycles. The van der Waals surface area contributed by atoms with Crippen LogP contribution in [-0.2, 0) is 29.2 Å². The standard InChI is InChI=1S/C21H25N5O4S/c1-30-10-9-26-19(22)18(20(28)24-21(26)29)25(13-15-6-3-2-4-7-15)14-17(27)23-12-16-8-5-11-31-16/h2-8,11H,9-10,12-14,22H2,1H3,(H,23,27)(H,24,28,29). The first-order valence-electron chi connectivity index (χ1n) is 9.69. The number of carbonyl (C=O) groups is 1. The largest absolute Gasteiger partial charge is 0.383 e. The molecule has 0 aliphatic rings. The van der Waals surface area contributed by atoms with Crippen LogP contribution in [0.3, 0.4) is 0 Å². The highest BCUT2D eigenvalue weighted by molar-refractivity contribution is 7.09. The molecule has 10 heteroatoms. The normalized spacial score (nSPS) is 10.7. The lowest BCUT2D eigenvalue weighted by Crippen LogP contribution is -2.42. The molecule has 0 atom stereocenters. The van der Waals surface area contributed by atoms with Crippen molar-refractivity contribution in [2.24, 2.45) is 0 Å². The van der Waals surface area contributed by atoms with Crippen molar-refractivity contribution in [1.29, 1.82) is 0 Å². The third kappa shape index (κ3) is 5.83. The fourth-order valence-corrected chi connectivity index (χ4v) is 3.78. The average Bonchev–Trinajstić information content (AvgIpc) is 3.26. The highest BCUT2D eigenvalue weighted by Crippen LogP contribution is 2.19. The van der Waals surface area contributed by atoms with Gasteiger partial charge >= 0.3 is 5.69 Å². The molecule has 3 rings (SSSR count). The summed E-state index contributed by atoms with van der Waals surface area (Å²) in [6.07, 6.45) is 0. The van der Waals surface area contributed by atoms with Crippen molar-refractivity contribution >= 4 is 28.7 Å². The molecule has 0 radical (unpaired) electrons. The predicted octanol–water partition coefficient (Wildman–Crippen LogP) is 1.15. The highest BCUT2D eigenvalue weighted by atomic mass is 32.1. The number of amides is 1. The van der Waals surface area contributed by atoms with Crippen LogP contribution < -0.4 is 27.2 Å². The van der Waals surface area contributed by atoms with E-state index >= 15 is 0 Å². The van der Waals surface area contributed by atoms with E-state index in [9.17, 15) is 14.4 Å². The van der Waals surface area contributed by atoms with Crippen LogP contribution >= 0.6 is 11.3 Å². The van der Waals surface area contributed by atoms with E-state index in [-0.39, 0.29) is 43.7 Å². The molecular weight excluding hydrogens is 418 g/mol. The molecule has 164 valence electrons. The highest BCUT2D eigenvalue weighted by Gasteiger charge is 2.21. The number of methoxy groups -OCH3 is 1. The number of nitrogen functional groups attached to an aromatic ring is 1. The molecule has 0 saturated heterocycles. The number of hydrogen-bond acceptors (Lipinski definition) is 7. The lowest BCUT2D eigenvalue weighted by Gasteiger charge is -2.26. The molecule has 2 aromatic heterocycles. The molecule has 4 N–H and O–H groups in total. The molecule has 0 aliphatic heterocycles. The first-order valence-corrected chi connectivity index (χ1v) is 10.6. The van der Waals surface area contributed by atoms with E-state index in [0.717, 1.165) is 10.4 Å². The predicted molar refractivity (Wildman–Crippen MR) is 121 cm³/mol. The third-order valence-electron chi connectivity index (χ3n) is 4.64. The van der Waals surface area contributed by atoms with Crippen LogP contribution in [0.25, 0.3) is 0 Å². The van der Waals surface area contributed by atoms with Crippen LogP contribution in [0.4, 0.5) is 11.5 Å². The molecule has 2 heterocycles. The number of thiophene rings is 1. The topological polar surface area (TPSA) is 122 Å². The molecular formula is C21H25N5O4S. The number of carbonyl (C=O) groups excluding carboxylic acids is 1. The maximum Gasteiger partial charge on any atom is 0.330 e. The van der Waals surface area contributed by atoms with Crippen LogP contribution in [0, 0.1) is 0 Å². The SMILES string of the molecule is COCCn1c(N)c(N(CC(=O)NCc2cccs2)Cc2ccccc2)c(=O)[nH]c1=O. The number of benzene rings is 1. The Bertz CT molecular complexity index is 1110. The second-order valence-corrected chi connectivity index (χ2v) is 7.87. The summed E-state index contributed by atoms with van der Waals surface area (Å²) in [5, 5.41) is 4.80. The minimum absolute atomic E-state index is 0.00668. The fraction of sp³-hybridized carbons (Fsp3) is 0.286. The molecule has 9 nitrogen and oxygen atoms in total. The van der Waals surface area contributed by atoms with Crippen molar-refractivity contribution in [2.45, 2.75) is 19.6 Å². The van der Waals surface area contributed by atoms with Gasteiger partial charge in [-0.05, 0) is 17.0 Å². The summed E-state index contributed by atoms with van der Waals surface area (Å²) in [6.45, 7) is 0.984. The summed E-state index contributed by atoms with van der Waals surface area (Å²) in [7, 11) is 1.51. The van der Waals surface area contributed by atoms with Gasteiger partial charge in [-0.2, -0.15) is 0 Å². The van der Waals surface area contributed by atoms with Crippen molar-refractivity contribution in [1.82, 2.24) is 14.9 Å². The van der Waals surface area contributed by atoms with E-state index in [1.165, 1.54) is 11.7 Å². The molecule has 0 bridgehead atoms. The zero-order valence-electron chi connectivity index (χ0n) is 17.2. The van der Waals surface area contributed by atoms with E-state index in [1.54, 1.807) is 16.2 Å². The minimum atomic E-state index is -0.641. The first kappa shape index (κ1) is 22.3. The fourth-order valence-electron chi connectivity index (χ4n) is 3.13. The molecule has 0 aliphatic carbocycles. The van der Waals surface area contributed by atoms with Crippen LogP contribution in [0.1, 0.15) is 10.4 Å². The third-order valence-corrected chi connectivity index (χ3v) is 5.52. The quantitative estimate of drug-likeness (QED) is 0.432. The smallest absolute Gasteiger partial charge is 0.330 e. The Morgan fingerprint density at radius 1 is 1.23 bits per heavy atom. The number of H-pyrrole nitrogens is 1. The number of nitrogens with one attached hydrogen (secondary N) is 2. The van der Waals surface area contributed by atoms with Gasteiger partial charge in [-0.1, -0.05) is 36.4 Å². The number of anilines is 2. The zero-order chi connectivity index (χ0) is 22.2. The summed E-state index contributed by atoms with van der Waals surface area (Å²) in [6, 6.07) is 13.3. The van der Waals surface area contributed by atoms with Gasteiger partial charge < -0.3 is 20.7 Å². The Balaban J connectivity index is 1.91. The first-order chi connectivity index (χ1) is 15.0. The number of nitrogens with zero attached hydrogens (tertiary/aromatic N) is 2. The lowest BCUT2D eigenvalue weighted by atomic mass is 10.2. The van der Waals surface area contributed by atoms with Gasteiger partial charge in [0, 0.05) is 18.5 Å². The van der Waals surface area contributed by atoms with Crippen molar-refractivity contribution in [3.05, 3.63) is 79.1 Å². The van der Waals surface area contributed by atoms with Crippen LogP contribution in [0.5, 0.6) is 0 Å². The molecule has 1 amide bonds. The number of aromatic nitrogens is 2. The second-order valence-electron chi connectivity index (χ2n) is 6.84. The van der Waals surface area contributed by atoms with E-state index in [0.29, 0.717) is 6.54 Å². The maximum absolute atomic E-state index is 12.7. The Morgan fingerprint density at radius 3 is 2.68 bits per heavy atom. The summed E-state index contributed by atoms with van der Waals surface area (Å²) in [5.74, 6) is -0.273. The lowest BCUT2D eigenvalue weighted by molar-refractivity contribution is -0.119. The van der Waals surface area contributed by atoms with Gasteiger partial charge in [-0.15, -0.1) is 11.3 Å². The van der Waals surface area contributed by atoms with Gasteiger partial charge in [-0.3, -0.25) is 19.1 Å². The van der Waals surface area contributed by atoms with Crippen LogP contribution in [0.15, 0.2) is 57.4 Å². The van der Waals surface area contributed by atoms with Gasteiger partial charge in [0.1, 0.15) is 11.5 Å². The molecule has 3 aromatic rings. The second kappa shape index (κ2) is 10.6. The Hall–Kier alpha value is -3.37. The van der Waals surface area contributed by atoms with Crippen LogP contribution in [0.2, 0.25) is 0 Å². The van der Waals surface area contributed by atoms with Gasteiger partial charge in [0.15, 0.2) is 0 Å². The molecule has 0 fully saturated rings. The Morgan fingerprint density at radius 2 is 2.00 bits per heavy atom. The summed E-state index contributed by atoms with van der Waals surface area (Å²) < 4.78 is 6.27. The number of hydrogen-bond donors (Lipinski definition) is 3. The van der Waals surface area contributed by atoms with Crippen molar-refractivity contribution < 1.29 is 9.53 Å². The number of aromatic amines is 1. The van der Waals surface area contributed by atoms with Crippen molar-refractivity contribution in [2.75, 3.05) is 30.9 Å². The monoisotopic (exact) mass is 443 g/mol. The number of nitrogens with two attached hydrogens (primary N) is 1. The minimum Gasteiger partial charge on any atom is -0.383 e. The van der Waals surface area contributed by atoms with E-state index in [2.05, 4.69) is 10.3 Å². The van der Waals surface area contributed by atoms with Gasteiger partial charge in [0.25, 0.3) is 5.56 Å². The summed E-state index contributed by atoms with van der Waals surface area (Å²) >= 11 is 1.55. The molecule has 1 aromatic carbocycles. The van der Waals surface area contributed by atoms with E-state index in [4.69, 9.17) is 10.5 Å². The number of ether oxygens (including phenoxy) is 1. The van der Waals surface area contributed by atoms with Crippen molar-refractivity contribution in [3.63, 3.8) is 0 Å². The Labute approximate surface area is 183 Å². The summed E-state index contributed by atoms with van der Waals surface area (Å²) in [4.78, 5) is 42.5. The average molecular weight is 444 g/mol. The Kier molecular flexibility index (Phi) is 7.63. The van der Waals surface area contributed by atoms with Gasteiger partial charge in [0.05, 0.1) is 26.2 Å². The maximum atomic E-state index is 12.7. The van der Waals surface area contributed by atoms with Gasteiger partial charge in [-0.25, -0.2) is 4.79 Å². The van der Waals surface area contributed by atoms with Gasteiger partial charge in [0.2, 0.25) is 5.91 Å². The van der Waals surface area contributed by atoms with Crippen LogP contribution in [-0.4, -0.2) is 35.7 Å². The molecule has 31 heavy (non-hydrogen) atoms. The molecule has 0 spiro atoms. The van der Waals surface area contributed by atoms with E-state index in [1.807, 2.05) is 47.8 Å². The van der Waals surface area contributed by atoms with Crippen molar-refractivity contribution in [3.8, 4) is 0 Å². The van der Waals surface area contributed by atoms with E-state index < -0.39 is 11.2 Å². The number of rotatable bonds is 10. The zero-order valence-corrected chi connectivity index (χ0v) is 18.0. The summed E-state index contributed by atoms with van der Waals surface area (Å²) in [5.41, 5.74) is 5.93.